The van der Waals surface area contributed by atoms with E-state index in [4.69, 9.17) is 23.4 Å². The summed E-state index contributed by atoms with van der Waals surface area (Å²) in [6.07, 6.45) is 3.73. The van der Waals surface area contributed by atoms with Gasteiger partial charge in [0.2, 0.25) is 0 Å². The van der Waals surface area contributed by atoms with E-state index in [9.17, 15) is 4.79 Å². The molecule has 1 rings (SSSR count). The van der Waals surface area contributed by atoms with Gasteiger partial charge in [-0.05, 0) is 55.3 Å². The lowest BCUT2D eigenvalue weighted by molar-refractivity contribution is -0.156. The molecule has 0 radical (unpaired) electrons. The van der Waals surface area contributed by atoms with E-state index < -0.39 is 8.32 Å². The molecule has 0 bridgehead atoms. The first-order valence-electron chi connectivity index (χ1n) is 15.7. The third kappa shape index (κ3) is 12.9. The standard InChI is InChI=1S/C34H62O6Si/c1-13-29(40-41(11,12)34(6,7)8)22-31(36-9)25(3)20-21-30(39-32(35)14-2)27(5)33(37-10)26(4)23-38-24-28-18-16-15-17-19-28/h15-19,25-27,29-31,33H,13-14,20-24H2,1-12H3/t25-,26+,27-,29+,30+,31-,33?/m0/s1. The van der Waals surface area contributed by atoms with Gasteiger partial charge >= 0.3 is 5.97 Å². The molecule has 0 spiro atoms. The molecule has 0 fully saturated rings. The second-order valence-corrected chi connectivity index (χ2v) is 18.1. The van der Waals surface area contributed by atoms with Gasteiger partial charge in [-0.1, -0.05) is 85.7 Å². The highest BCUT2D eigenvalue weighted by atomic mass is 28.4. The Morgan fingerprint density at radius 1 is 0.902 bits per heavy atom. The molecule has 41 heavy (non-hydrogen) atoms. The van der Waals surface area contributed by atoms with Crippen LogP contribution in [0.3, 0.4) is 0 Å². The summed E-state index contributed by atoms with van der Waals surface area (Å²) >= 11 is 0. The molecule has 0 aliphatic carbocycles. The largest absolute Gasteiger partial charge is 0.462 e. The molecule has 7 atom stereocenters. The predicted octanol–water partition coefficient (Wildman–Crippen LogP) is 8.43. The third-order valence-corrected chi connectivity index (χ3v) is 13.6. The van der Waals surface area contributed by atoms with E-state index >= 15 is 0 Å². The summed E-state index contributed by atoms with van der Waals surface area (Å²) in [6.45, 7) is 23.2. The molecule has 0 aromatic heterocycles. The van der Waals surface area contributed by atoms with Crippen LogP contribution in [-0.2, 0) is 34.8 Å². The van der Waals surface area contributed by atoms with E-state index in [1.807, 2.05) is 25.1 Å². The average molecular weight is 595 g/mol. The zero-order chi connectivity index (χ0) is 31.2. The number of hydrogen-bond acceptors (Lipinski definition) is 6. The molecule has 7 heteroatoms. The molecule has 0 aliphatic heterocycles. The highest BCUT2D eigenvalue weighted by Crippen LogP contribution is 2.38. The van der Waals surface area contributed by atoms with Crippen LogP contribution in [0.5, 0.6) is 0 Å². The Hall–Kier alpha value is -1.25. The lowest BCUT2D eigenvalue weighted by atomic mass is 9.85. The Morgan fingerprint density at radius 3 is 2.05 bits per heavy atom. The highest BCUT2D eigenvalue weighted by molar-refractivity contribution is 6.74. The summed E-state index contributed by atoms with van der Waals surface area (Å²) < 4.78 is 30.8. The van der Waals surface area contributed by atoms with Gasteiger partial charge in [0.25, 0.3) is 0 Å². The first-order valence-corrected chi connectivity index (χ1v) is 18.7. The number of ether oxygens (including phenoxy) is 4. The maximum atomic E-state index is 12.4. The molecule has 0 N–H and O–H groups in total. The first kappa shape index (κ1) is 37.8. The van der Waals surface area contributed by atoms with Crippen LogP contribution in [0.1, 0.15) is 93.1 Å². The van der Waals surface area contributed by atoms with Gasteiger partial charge in [0.05, 0.1) is 25.4 Å². The second kappa shape index (κ2) is 18.4. The first-order chi connectivity index (χ1) is 19.2. The Kier molecular flexibility index (Phi) is 17.0. The van der Waals surface area contributed by atoms with Crippen molar-refractivity contribution in [3.05, 3.63) is 35.9 Å². The normalized spacial score (nSPS) is 17.8. The van der Waals surface area contributed by atoms with Crippen molar-refractivity contribution in [1.29, 1.82) is 0 Å². The van der Waals surface area contributed by atoms with Crippen LogP contribution < -0.4 is 0 Å². The van der Waals surface area contributed by atoms with Crippen LogP contribution in [0, 0.1) is 17.8 Å². The summed E-state index contributed by atoms with van der Waals surface area (Å²) in [5, 5.41) is 0.169. The molecule has 1 aromatic carbocycles. The minimum atomic E-state index is -1.87. The van der Waals surface area contributed by atoms with Crippen molar-refractivity contribution in [3.63, 3.8) is 0 Å². The van der Waals surface area contributed by atoms with Crippen molar-refractivity contribution in [2.75, 3.05) is 20.8 Å². The average Bonchev–Trinajstić information content (AvgIpc) is 2.92. The van der Waals surface area contributed by atoms with Gasteiger partial charge in [0.1, 0.15) is 6.10 Å². The van der Waals surface area contributed by atoms with Gasteiger partial charge in [-0.25, -0.2) is 0 Å². The van der Waals surface area contributed by atoms with Crippen molar-refractivity contribution < 1.29 is 28.2 Å². The molecule has 1 aromatic rings. The molecule has 0 amide bonds. The van der Waals surface area contributed by atoms with Crippen molar-refractivity contribution in [2.45, 2.75) is 137 Å². The van der Waals surface area contributed by atoms with Crippen molar-refractivity contribution >= 4 is 14.3 Å². The minimum Gasteiger partial charge on any atom is -0.462 e. The maximum absolute atomic E-state index is 12.4. The second-order valence-electron chi connectivity index (χ2n) is 13.4. The minimum absolute atomic E-state index is 0.0179. The Balaban J connectivity index is 2.86. The quantitative estimate of drug-likeness (QED) is 0.112. The van der Waals surface area contributed by atoms with Crippen molar-refractivity contribution in [1.82, 2.24) is 0 Å². The van der Waals surface area contributed by atoms with Crippen LogP contribution in [0.25, 0.3) is 0 Å². The van der Waals surface area contributed by atoms with E-state index in [1.165, 1.54) is 0 Å². The van der Waals surface area contributed by atoms with Gasteiger partial charge in [-0.15, -0.1) is 0 Å². The Bertz CT molecular complexity index is 839. The molecule has 0 saturated heterocycles. The Morgan fingerprint density at radius 2 is 1.54 bits per heavy atom. The van der Waals surface area contributed by atoms with Crippen LogP contribution >= 0.6 is 0 Å². The van der Waals surface area contributed by atoms with Crippen LogP contribution in [0.4, 0.5) is 0 Å². The predicted molar refractivity (Wildman–Crippen MR) is 172 cm³/mol. The van der Waals surface area contributed by atoms with Gasteiger partial charge in [-0.2, -0.15) is 0 Å². The van der Waals surface area contributed by atoms with Crippen LogP contribution in [-0.4, -0.2) is 59.5 Å². The van der Waals surface area contributed by atoms with E-state index in [1.54, 1.807) is 14.2 Å². The molecule has 1 unspecified atom stereocenters. The smallest absolute Gasteiger partial charge is 0.305 e. The number of esters is 1. The zero-order valence-corrected chi connectivity index (χ0v) is 29.3. The number of carbonyl (C=O) groups excluding carboxylic acids is 1. The number of rotatable bonds is 20. The molecule has 238 valence electrons. The van der Waals surface area contributed by atoms with E-state index in [2.05, 4.69) is 73.7 Å². The lowest BCUT2D eigenvalue weighted by Crippen LogP contribution is -2.45. The molecular formula is C34H62O6Si. The Labute approximate surface area is 253 Å². The number of carbonyl (C=O) groups is 1. The van der Waals surface area contributed by atoms with Crippen LogP contribution in [0.15, 0.2) is 30.3 Å². The molecular weight excluding hydrogens is 532 g/mol. The van der Waals surface area contributed by atoms with Crippen molar-refractivity contribution in [3.8, 4) is 0 Å². The zero-order valence-electron chi connectivity index (χ0n) is 28.3. The topological polar surface area (TPSA) is 63.2 Å². The summed E-state index contributed by atoms with van der Waals surface area (Å²) in [5.74, 6) is 0.280. The molecule has 0 saturated carbocycles. The number of methoxy groups -OCH3 is 2. The number of hydrogen-bond donors (Lipinski definition) is 0. The summed E-state index contributed by atoms with van der Waals surface area (Å²) in [4.78, 5) is 12.4. The van der Waals surface area contributed by atoms with E-state index in [0.29, 0.717) is 25.6 Å². The molecule has 6 nitrogen and oxygen atoms in total. The fourth-order valence-corrected chi connectivity index (χ4v) is 6.66. The lowest BCUT2D eigenvalue weighted by Gasteiger charge is -2.40. The van der Waals surface area contributed by atoms with E-state index in [-0.39, 0.29) is 47.3 Å². The number of benzene rings is 1. The summed E-state index contributed by atoms with van der Waals surface area (Å²) in [6, 6.07) is 10.2. The van der Waals surface area contributed by atoms with Gasteiger partial charge in [0, 0.05) is 38.6 Å². The maximum Gasteiger partial charge on any atom is 0.305 e. The van der Waals surface area contributed by atoms with Gasteiger partial charge < -0.3 is 23.4 Å². The summed E-state index contributed by atoms with van der Waals surface area (Å²) in [5.41, 5.74) is 1.15. The monoisotopic (exact) mass is 594 g/mol. The fourth-order valence-electron chi connectivity index (χ4n) is 5.21. The fraction of sp³-hybridized carbons (Fsp3) is 0.794. The van der Waals surface area contributed by atoms with Crippen molar-refractivity contribution in [2.24, 2.45) is 17.8 Å². The van der Waals surface area contributed by atoms with Gasteiger partial charge in [0.15, 0.2) is 8.32 Å². The van der Waals surface area contributed by atoms with Crippen LogP contribution in [0.2, 0.25) is 18.1 Å². The molecule has 0 heterocycles. The molecule has 0 aliphatic rings. The van der Waals surface area contributed by atoms with Gasteiger partial charge in [-0.3, -0.25) is 4.79 Å². The third-order valence-electron chi connectivity index (χ3n) is 9.06. The van der Waals surface area contributed by atoms with E-state index in [0.717, 1.165) is 31.2 Å². The summed E-state index contributed by atoms with van der Waals surface area (Å²) in [7, 11) is 1.67. The highest BCUT2D eigenvalue weighted by Gasteiger charge is 2.39. The SMILES string of the molecule is CCC(=O)O[C@H](CC[C@H](C)[C@H](C[C@@H](CC)O[Si](C)(C)C(C)(C)C)OC)[C@H](C)C(OC)[C@H](C)COCc1ccccc1.